The summed E-state index contributed by atoms with van der Waals surface area (Å²) in [6, 6.07) is 13.0. The standard InChI is InChI=1S/C23H16ClN3O6/c1-2-13-3-6-15(7-4-13)26-22(29)18(21(28)25-23(26)30)12-16-8-10-20(33-16)17-9-5-14(24)11-19(17)27(31)32/h3-12H,2H2,1H3,(H,25,28,30)/b18-12-. The molecule has 1 aliphatic heterocycles. The Morgan fingerprint density at radius 3 is 2.48 bits per heavy atom. The number of aryl methyl sites for hydroxylation is 1. The van der Waals surface area contributed by atoms with Crippen molar-refractivity contribution < 1.29 is 23.7 Å². The molecule has 0 saturated carbocycles. The average molecular weight is 466 g/mol. The number of anilines is 1. The zero-order valence-corrected chi connectivity index (χ0v) is 18.0. The predicted molar refractivity (Wildman–Crippen MR) is 121 cm³/mol. The Labute approximate surface area is 192 Å². The molecule has 1 aliphatic rings. The third kappa shape index (κ3) is 4.26. The smallest absolute Gasteiger partial charge is 0.335 e. The van der Waals surface area contributed by atoms with Crippen molar-refractivity contribution in [1.29, 1.82) is 0 Å². The lowest BCUT2D eigenvalue weighted by atomic mass is 10.1. The Hall–Kier alpha value is -4.24. The van der Waals surface area contributed by atoms with Crippen LogP contribution in [0.15, 0.2) is 64.6 Å². The third-order valence-electron chi connectivity index (χ3n) is 5.04. The maximum atomic E-state index is 13.0. The number of carbonyl (C=O) groups is 3. The van der Waals surface area contributed by atoms with Gasteiger partial charge in [0.25, 0.3) is 17.5 Å². The van der Waals surface area contributed by atoms with E-state index in [1.807, 2.05) is 6.92 Å². The van der Waals surface area contributed by atoms with Crippen LogP contribution in [0.4, 0.5) is 16.2 Å². The van der Waals surface area contributed by atoms with Crippen LogP contribution in [0.2, 0.25) is 5.02 Å². The summed E-state index contributed by atoms with van der Waals surface area (Å²) in [5.41, 5.74) is 0.941. The molecule has 2 heterocycles. The number of halogens is 1. The quantitative estimate of drug-likeness (QED) is 0.251. The molecule has 10 heteroatoms. The molecule has 1 N–H and O–H groups in total. The van der Waals surface area contributed by atoms with Crippen LogP contribution in [0.5, 0.6) is 0 Å². The number of furan rings is 1. The Kier molecular flexibility index (Phi) is 5.80. The number of amides is 4. The van der Waals surface area contributed by atoms with Crippen LogP contribution < -0.4 is 10.2 Å². The monoisotopic (exact) mass is 465 g/mol. The van der Waals surface area contributed by atoms with Crippen LogP contribution >= 0.6 is 11.6 Å². The van der Waals surface area contributed by atoms with Crippen molar-refractivity contribution in [2.45, 2.75) is 13.3 Å². The average Bonchev–Trinajstić information content (AvgIpc) is 3.25. The number of nitrogens with one attached hydrogen (secondary N) is 1. The molecular formula is C23H16ClN3O6. The molecule has 2 aromatic carbocycles. The number of nitrogens with zero attached hydrogens (tertiary/aromatic N) is 2. The topological polar surface area (TPSA) is 123 Å². The van der Waals surface area contributed by atoms with E-state index < -0.39 is 22.8 Å². The maximum absolute atomic E-state index is 13.0. The molecule has 3 aromatic rings. The molecule has 0 atom stereocenters. The zero-order chi connectivity index (χ0) is 23.7. The third-order valence-corrected chi connectivity index (χ3v) is 5.27. The van der Waals surface area contributed by atoms with Crippen molar-refractivity contribution in [2.75, 3.05) is 4.90 Å². The fraction of sp³-hybridized carbons (Fsp3) is 0.0870. The molecule has 33 heavy (non-hydrogen) atoms. The number of benzene rings is 2. The van der Waals surface area contributed by atoms with Crippen molar-refractivity contribution in [1.82, 2.24) is 5.32 Å². The van der Waals surface area contributed by atoms with E-state index in [4.69, 9.17) is 16.0 Å². The first-order chi connectivity index (χ1) is 15.8. The lowest BCUT2D eigenvalue weighted by molar-refractivity contribution is -0.384. The van der Waals surface area contributed by atoms with Gasteiger partial charge in [-0.3, -0.25) is 25.0 Å². The second kappa shape index (κ2) is 8.71. The summed E-state index contributed by atoms with van der Waals surface area (Å²) in [6.07, 6.45) is 1.97. The van der Waals surface area contributed by atoms with Gasteiger partial charge in [0.05, 0.1) is 16.2 Å². The summed E-state index contributed by atoms with van der Waals surface area (Å²) in [4.78, 5) is 49.3. The molecule has 0 spiro atoms. The van der Waals surface area contributed by atoms with Gasteiger partial charge in [-0.05, 0) is 54.5 Å². The van der Waals surface area contributed by atoms with E-state index in [2.05, 4.69) is 5.32 Å². The second-order valence-corrected chi connectivity index (χ2v) is 7.53. The van der Waals surface area contributed by atoms with Crippen molar-refractivity contribution in [3.63, 3.8) is 0 Å². The maximum Gasteiger partial charge on any atom is 0.335 e. The van der Waals surface area contributed by atoms with E-state index >= 15 is 0 Å². The zero-order valence-electron chi connectivity index (χ0n) is 17.2. The molecule has 9 nitrogen and oxygen atoms in total. The lowest BCUT2D eigenvalue weighted by Gasteiger charge is -2.26. The minimum absolute atomic E-state index is 0.100. The van der Waals surface area contributed by atoms with Crippen LogP contribution in [-0.2, 0) is 16.0 Å². The number of hydrogen-bond acceptors (Lipinski definition) is 6. The molecule has 1 saturated heterocycles. The molecule has 0 bridgehead atoms. The van der Waals surface area contributed by atoms with Gasteiger partial charge in [0.1, 0.15) is 17.1 Å². The molecule has 0 unspecified atom stereocenters. The highest BCUT2D eigenvalue weighted by Gasteiger charge is 2.37. The fourth-order valence-corrected chi connectivity index (χ4v) is 3.52. The number of urea groups is 1. The minimum atomic E-state index is -0.873. The van der Waals surface area contributed by atoms with Gasteiger partial charge in [-0.15, -0.1) is 0 Å². The van der Waals surface area contributed by atoms with Crippen molar-refractivity contribution in [2.24, 2.45) is 0 Å². The molecule has 0 radical (unpaired) electrons. The van der Waals surface area contributed by atoms with Crippen LogP contribution in [0.25, 0.3) is 17.4 Å². The lowest BCUT2D eigenvalue weighted by Crippen LogP contribution is -2.54. The predicted octanol–water partition coefficient (Wildman–Crippen LogP) is 4.74. The highest BCUT2D eigenvalue weighted by Crippen LogP contribution is 2.34. The van der Waals surface area contributed by atoms with Crippen LogP contribution in [0, 0.1) is 10.1 Å². The van der Waals surface area contributed by atoms with Crippen LogP contribution in [0.1, 0.15) is 18.2 Å². The largest absolute Gasteiger partial charge is 0.456 e. The Morgan fingerprint density at radius 2 is 1.82 bits per heavy atom. The van der Waals surface area contributed by atoms with Gasteiger partial charge in [-0.25, -0.2) is 9.69 Å². The summed E-state index contributed by atoms with van der Waals surface area (Å²) in [5, 5.41) is 13.7. The van der Waals surface area contributed by atoms with Crippen molar-refractivity contribution in [3.05, 3.63) is 86.6 Å². The number of barbiturate groups is 1. The van der Waals surface area contributed by atoms with E-state index in [1.54, 1.807) is 24.3 Å². The van der Waals surface area contributed by atoms with E-state index in [9.17, 15) is 24.5 Å². The normalized spacial score (nSPS) is 15.2. The van der Waals surface area contributed by atoms with E-state index in [0.29, 0.717) is 5.69 Å². The van der Waals surface area contributed by atoms with Crippen LogP contribution in [-0.4, -0.2) is 22.8 Å². The van der Waals surface area contributed by atoms with E-state index in [-0.39, 0.29) is 33.4 Å². The molecule has 1 aromatic heterocycles. The van der Waals surface area contributed by atoms with Gasteiger partial charge in [0.15, 0.2) is 0 Å². The van der Waals surface area contributed by atoms with Crippen molar-refractivity contribution >= 4 is 46.9 Å². The number of hydrogen-bond donors (Lipinski definition) is 1. The first-order valence-electron chi connectivity index (χ1n) is 9.83. The number of nitro groups is 1. The summed E-state index contributed by atoms with van der Waals surface area (Å²) in [5.74, 6) is -1.44. The Bertz CT molecular complexity index is 1330. The van der Waals surface area contributed by atoms with Gasteiger partial charge in [-0.2, -0.15) is 0 Å². The van der Waals surface area contributed by atoms with E-state index in [1.165, 1.54) is 36.4 Å². The summed E-state index contributed by atoms with van der Waals surface area (Å²) < 4.78 is 5.64. The Balaban J connectivity index is 1.68. The van der Waals surface area contributed by atoms with Gasteiger partial charge in [-0.1, -0.05) is 30.7 Å². The summed E-state index contributed by atoms with van der Waals surface area (Å²) in [7, 11) is 0. The highest BCUT2D eigenvalue weighted by molar-refractivity contribution is 6.39. The molecule has 4 rings (SSSR count). The summed E-state index contributed by atoms with van der Waals surface area (Å²) in [6.45, 7) is 1.98. The molecule has 166 valence electrons. The summed E-state index contributed by atoms with van der Waals surface area (Å²) >= 11 is 5.85. The van der Waals surface area contributed by atoms with Crippen LogP contribution in [0.3, 0.4) is 0 Å². The molecular weight excluding hydrogens is 450 g/mol. The molecule has 0 aliphatic carbocycles. The van der Waals surface area contributed by atoms with Gasteiger partial charge in [0.2, 0.25) is 0 Å². The SMILES string of the molecule is CCc1ccc(N2C(=O)NC(=O)/C(=C/c3ccc(-c4ccc(Cl)cc4[N+](=O)[O-])o3)C2=O)cc1. The second-order valence-electron chi connectivity index (χ2n) is 7.10. The number of rotatable bonds is 5. The number of carbonyl (C=O) groups excluding carboxylic acids is 3. The molecule has 1 fully saturated rings. The van der Waals surface area contributed by atoms with Gasteiger partial charge in [0, 0.05) is 11.1 Å². The van der Waals surface area contributed by atoms with Gasteiger partial charge < -0.3 is 4.42 Å². The first kappa shape index (κ1) is 22.0. The number of nitro benzene ring substituents is 1. The first-order valence-corrected chi connectivity index (χ1v) is 10.2. The Morgan fingerprint density at radius 1 is 1.09 bits per heavy atom. The minimum Gasteiger partial charge on any atom is -0.456 e. The molecule has 4 amide bonds. The van der Waals surface area contributed by atoms with Crippen molar-refractivity contribution in [3.8, 4) is 11.3 Å². The van der Waals surface area contributed by atoms with Gasteiger partial charge >= 0.3 is 6.03 Å². The highest BCUT2D eigenvalue weighted by atomic mass is 35.5. The van der Waals surface area contributed by atoms with E-state index in [0.717, 1.165) is 16.9 Å². The fourth-order valence-electron chi connectivity index (χ4n) is 3.35. The number of imide groups is 2.